The minimum absolute atomic E-state index is 0.208. The molecule has 0 bridgehead atoms. The van der Waals surface area contributed by atoms with Crippen molar-refractivity contribution in [3.63, 3.8) is 0 Å². The van der Waals surface area contributed by atoms with Gasteiger partial charge in [0.05, 0.1) is 18.8 Å². The first-order chi connectivity index (χ1) is 15.0. The maximum atomic E-state index is 15.0. The largest absolute Gasteiger partial charge is 0.444 e. The Labute approximate surface area is 187 Å². The Morgan fingerprint density at radius 3 is 2.69 bits per heavy atom. The van der Waals surface area contributed by atoms with Gasteiger partial charge in [0.25, 0.3) is 0 Å². The molecule has 1 aromatic rings. The van der Waals surface area contributed by atoms with Crippen LogP contribution >= 0.6 is 0 Å². The third-order valence-electron chi connectivity index (χ3n) is 5.16. The average Bonchev–Trinajstić information content (AvgIpc) is 2.90. The molecule has 1 saturated heterocycles. The van der Waals surface area contributed by atoms with Crippen LogP contribution in [0.2, 0.25) is 0 Å². The zero-order valence-corrected chi connectivity index (χ0v) is 18.9. The van der Waals surface area contributed by atoms with Gasteiger partial charge in [-0.1, -0.05) is 6.08 Å². The molecule has 0 aliphatic carbocycles. The topological polar surface area (TPSA) is 88.2 Å². The molecule has 1 aromatic carbocycles. The van der Waals surface area contributed by atoms with E-state index in [0.717, 1.165) is 5.57 Å². The van der Waals surface area contributed by atoms with Crippen LogP contribution < -0.4 is 10.2 Å². The number of rotatable bonds is 4. The van der Waals surface area contributed by atoms with Gasteiger partial charge in [-0.2, -0.15) is 0 Å². The normalized spacial score (nSPS) is 19.2. The number of carbonyl (C=O) groups is 3. The van der Waals surface area contributed by atoms with Crippen molar-refractivity contribution < 1.29 is 28.2 Å². The maximum absolute atomic E-state index is 15.0. The van der Waals surface area contributed by atoms with Crippen molar-refractivity contribution in [2.75, 3.05) is 31.1 Å². The highest BCUT2D eigenvalue weighted by Gasteiger charge is 2.33. The number of anilines is 1. The first-order valence-electron chi connectivity index (χ1n) is 10.7. The van der Waals surface area contributed by atoms with Gasteiger partial charge in [-0.15, -0.1) is 0 Å². The Bertz CT molecular complexity index is 925. The summed E-state index contributed by atoms with van der Waals surface area (Å²) in [5.74, 6) is -0.658. The molecule has 8 nitrogen and oxygen atoms in total. The Kier molecular flexibility index (Phi) is 7.06. The average molecular weight is 448 g/mol. The molecule has 1 N–H and O–H groups in total. The number of cyclic esters (lactones) is 1. The summed E-state index contributed by atoms with van der Waals surface area (Å²) in [5.41, 5.74) is 1.08. The van der Waals surface area contributed by atoms with Crippen LogP contribution in [0.3, 0.4) is 0 Å². The van der Waals surface area contributed by atoms with Crippen molar-refractivity contribution >= 4 is 29.4 Å². The fraction of sp³-hybridized carbons (Fsp3) is 0.522. The standard InChI is InChI=1S/C23H30FN3O5/c1-15(28)25-13-18-14-27(22(30)31-18)17-7-8-19(20(24)12-17)16-6-5-10-26(11-9-16)21(29)32-23(2,3)4/h6-8,12,18H,5,9-11,13-14H2,1-4H3,(H,25,28)/t18-/m0/s1. The number of benzene rings is 1. The lowest BCUT2D eigenvalue weighted by Crippen LogP contribution is -2.37. The highest BCUT2D eigenvalue weighted by molar-refractivity contribution is 5.90. The number of amides is 3. The van der Waals surface area contributed by atoms with Gasteiger partial charge < -0.3 is 19.7 Å². The summed E-state index contributed by atoms with van der Waals surface area (Å²) >= 11 is 0. The Hall–Kier alpha value is -3.10. The first-order valence-corrected chi connectivity index (χ1v) is 10.7. The van der Waals surface area contributed by atoms with Crippen molar-refractivity contribution in [3.8, 4) is 0 Å². The number of nitrogens with one attached hydrogen (secondary N) is 1. The van der Waals surface area contributed by atoms with E-state index in [-0.39, 0.29) is 25.1 Å². The Morgan fingerprint density at radius 2 is 2.03 bits per heavy atom. The van der Waals surface area contributed by atoms with Crippen LogP contribution in [0.15, 0.2) is 24.3 Å². The van der Waals surface area contributed by atoms with Crippen LogP contribution in [0, 0.1) is 5.82 Å². The summed E-state index contributed by atoms with van der Waals surface area (Å²) in [6.45, 7) is 8.23. The quantitative estimate of drug-likeness (QED) is 0.760. The van der Waals surface area contributed by atoms with Crippen LogP contribution in [0.25, 0.3) is 5.57 Å². The van der Waals surface area contributed by atoms with Crippen molar-refractivity contribution in [2.45, 2.75) is 52.2 Å². The fourth-order valence-corrected chi connectivity index (χ4v) is 3.65. The van der Waals surface area contributed by atoms with Gasteiger partial charge in [0.15, 0.2) is 0 Å². The van der Waals surface area contributed by atoms with Gasteiger partial charge in [-0.3, -0.25) is 9.69 Å². The molecule has 0 aromatic heterocycles. The summed E-state index contributed by atoms with van der Waals surface area (Å²) in [6, 6.07) is 4.64. The zero-order valence-electron chi connectivity index (χ0n) is 18.9. The van der Waals surface area contributed by atoms with E-state index in [9.17, 15) is 18.8 Å². The molecule has 2 aliphatic heterocycles. The zero-order chi connectivity index (χ0) is 23.5. The minimum Gasteiger partial charge on any atom is -0.444 e. The van der Waals surface area contributed by atoms with E-state index in [2.05, 4.69) is 5.32 Å². The third-order valence-corrected chi connectivity index (χ3v) is 5.16. The van der Waals surface area contributed by atoms with Gasteiger partial charge in [0.1, 0.15) is 17.5 Å². The fourth-order valence-electron chi connectivity index (χ4n) is 3.65. The molecule has 2 heterocycles. The predicted molar refractivity (Wildman–Crippen MR) is 118 cm³/mol. The molecule has 32 heavy (non-hydrogen) atoms. The maximum Gasteiger partial charge on any atom is 0.414 e. The monoisotopic (exact) mass is 447 g/mol. The first kappa shape index (κ1) is 23.6. The van der Waals surface area contributed by atoms with Crippen LogP contribution in [-0.4, -0.2) is 60.9 Å². The second-order valence-electron chi connectivity index (χ2n) is 8.95. The summed E-state index contributed by atoms with van der Waals surface area (Å²) < 4.78 is 25.7. The molecule has 3 amide bonds. The van der Waals surface area contributed by atoms with Crippen molar-refractivity contribution in [2.24, 2.45) is 0 Å². The van der Waals surface area contributed by atoms with Crippen LogP contribution in [0.1, 0.15) is 46.1 Å². The molecule has 0 saturated carbocycles. The molecular weight excluding hydrogens is 417 g/mol. The summed E-state index contributed by atoms with van der Waals surface area (Å²) in [4.78, 5) is 38.6. The molecule has 174 valence electrons. The Balaban J connectivity index is 1.65. The molecule has 3 rings (SSSR count). The highest BCUT2D eigenvalue weighted by atomic mass is 19.1. The summed E-state index contributed by atoms with van der Waals surface area (Å²) in [5, 5.41) is 2.61. The molecule has 0 unspecified atom stereocenters. The van der Waals surface area contributed by atoms with Gasteiger partial charge in [-0.25, -0.2) is 14.0 Å². The van der Waals surface area contributed by atoms with Gasteiger partial charge in [-0.05, 0) is 57.4 Å². The number of carbonyl (C=O) groups excluding carboxylic acids is 3. The van der Waals surface area contributed by atoms with Crippen LogP contribution in [0.5, 0.6) is 0 Å². The number of ether oxygens (including phenoxy) is 2. The molecule has 0 spiro atoms. The molecule has 0 radical (unpaired) electrons. The van der Waals surface area contributed by atoms with E-state index in [1.54, 1.807) is 17.0 Å². The summed E-state index contributed by atoms with van der Waals surface area (Å²) in [6.07, 6.45) is 1.60. The van der Waals surface area contributed by atoms with E-state index in [0.29, 0.717) is 37.2 Å². The third kappa shape index (κ3) is 5.99. The lowest BCUT2D eigenvalue weighted by Gasteiger charge is -2.26. The van der Waals surface area contributed by atoms with Crippen molar-refractivity contribution in [3.05, 3.63) is 35.7 Å². The van der Waals surface area contributed by atoms with Gasteiger partial charge in [0, 0.05) is 25.6 Å². The SMILES string of the molecule is CC(=O)NC[C@H]1CN(c2ccc(C3=CCCN(C(=O)OC(C)(C)C)CC3)c(F)c2)C(=O)O1. The highest BCUT2D eigenvalue weighted by Crippen LogP contribution is 2.30. The number of nitrogens with zero attached hydrogens (tertiary/aromatic N) is 2. The van der Waals surface area contributed by atoms with Gasteiger partial charge in [0.2, 0.25) is 5.91 Å². The van der Waals surface area contributed by atoms with E-state index in [1.807, 2.05) is 26.8 Å². The number of hydrogen-bond acceptors (Lipinski definition) is 5. The predicted octanol–water partition coefficient (Wildman–Crippen LogP) is 3.70. The second-order valence-corrected chi connectivity index (χ2v) is 8.95. The van der Waals surface area contributed by atoms with Crippen molar-refractivity contribution in [1.29, 1.82) is 0 Å². The lowest BCUT2D eigenvalue weighted by atomic mass is 10.0. The number of hydrogen-bond donors (Lipinski definition) is 1. The van der Waals surface area contributed by atoms with E-state index < -0.39 is 23.6 Å². The van der Waals surface area contributed by atoms with E-state index in [4.69, 9.17) is 9.47 Å². The second kappa shape index (κ2) is 9.58. The molecule has 1 fully saturated rings. The molecular formula is C23H30FN3O5. The van der Waals surface area contributed by atoms with E-state index >= 15 is 0 Å². The number of halogens is 1. The van der Waals surface area contributed by atoms with Crippen LogP contribution in [-0.2, 0) is 14.3 Å². The van der Waals surface area contributed by atoms with Gasteiger partial charge >= 0.3 is 12.2 Å². The van der Waals surface area contributed by atoms with E-state index in [1.165, 1.54) is 17.9 Å². The Morgan fingerprint density at radius 1 is 1.28 bits per heavy atom. The smallest absolute Gasteiger partial charge is 0.414 e. The molecule has 9 heteroatoms. The summed E-state index contributed by atoms with van der Waals surface area (Å²) in [7, 11) is 0. The van der Waals surface area contributed by atoms with Crippen molar-refractivity contribution in [1.82, 2.24) is 10.2 Å². The van der Waals surface area contributed by atoms with Crippen LogP contribution in [0.4, 0.5) is 19.7 Å². The molecule has 1 atom stereocenters. The molecule has 2 aliphatic rings. The minimum atomic E-state index is -0.575. The lowest BCUT2D eigenvalue weighted by molar-refractivity contribution is -0.119.